The van der Waals surface area contributed by atoms with Crippen LogP contribution < -0.4 is 4.74 Å². The molecule has 0 atom stereocenters. The second kappa shape index (κ2) is 5.88. The standard InChI is InChI=1S/C14H10BrClF2O/c1-8-6-9(2-4-12(8)16)19-7-10-13(17)5-3-11(15)14(10)18/h2-6H,7H2,1H3. The van der Waals surface area contributed by atoms with Gasteiger partial charge in [-0.25, -0.2) is 8.78 Å². The Bertz CT molecular complexity index is 617. The number of aryl methyl sites for hydroxylation is 1. The minimum Gasteiger partial charge on any atom is -0.489 e. The molecular weight excluding hydrogens is 338 g/mol. The molecule has 0 bridgehead atoms. The summed E-state index contributed by atoms with van der Waals surface area (Å²) in [6.07, 6.45) is 0. The van der Waals surface area contributed by atoms with E-state index in [0.29, 0.717) is 10.8 Å². The average Bonchev–Trinajstić information content (AvgIpc) is 2.38. The van der Waals surface area contributed by atoms with Crippen molar-refractivity contribution in [1.29, 1.82) is 0 Å². The highest BCUT2D eigenvalue weighted by Gasteiger charge is 2.13. The Morgan fingerprint density at radius 2 is 1.95 bits per heavy atom. The largest absolute Gasteiger partial charge is 0.489 e. The van der Waals surface area contributed by atoms with Crippen molar-refractivity contribution in [2.24, 2.45) is 0 Å². The van der Waals surface area contributed by atoms with Crippen LogP contribution in [0.4, 0.5) is 8.78 Å². The van der Waals surface area contributed by atoms with E-state index in [0.717, 1.165) is 5.56 Å². The smallest absolute Gasteiger partial charge is 0.146 e. The van der Waals surface area contributed by atoms with E-state index in [1.807, 2.05) is 6.92 Å². The molecule has 2 rings (SSSR count). The molecule has 0 saturated heterocycles. The van der Waals surface area contributed by atoms with Crippen LogP contribution in [0.3, 0.4) is 0 Å². The fraction of sp³-hybridized carbons (Fsp3) is 0.143. The highest BCUT2D eigenvalue weighted by molar-refractivity contribution is 9.10. The predicted molar refractivity (Wildman–Crippen MR) is 74.6 cm³/mol. The molecule has 100 valence electrons. The lowest BCUT2D eigenvalue weighted by Crippen LogP contribution is -2.02. The summed E-state index contributed by atoms with van der Waals surface area (Å²) in [5.74, 6) is -0.766. The van der Waals surface area contributed by atoms with Gasteiger partial charge in [-0.15, -0.1) is 0 Å². The lowest BCUT2D eigenvalue weighted by Gasteiger charge is -2.10. The highest BCUT2D eigenvalue weighted by atomic mass is 79.9. The molecule has 1 nitrogen and oxygen atoms in total. The molecule has 19 heavy (non-hydrogen) atoms. The van der Waals surface area contributed by atoms with Crippen molar-refractivity contribution < 1.29 is 13.5 Å². The summed E-state index contributed by atoms with van der Waals surface area (Å²) < 4.78 is 32.8. The molecule has 0 aliphatic carbocycles. The van der Waals surface area contributed by atoms with Crippen LogP contribution in [0.25, 0.3) is 0 Å². The highest BCUT2D eigenvalue weighted by Crippen LogP contribution is 2.25. The van der Waals surface area contributed by atoms with Crippen molar-refractivity contribution in [3.05, 3.63) is 62.6 Å². The van der Waals surface area contributed by atoms with Gasteiger partial charge in [0.15, 0.2) is 0 Å². The van der Waals surface area contributed by atoms with Crippen LogP contribution in [0.2, 0.25) is 5.02 Å². The van der Waals surface area contributed by atoms with Gasteiger partial charge >= 0.3 is 0 Å². The molecule has 5 heteroatoms. The first-order valence-electron chi connectivity index (χ1n) is 5.50. The van der Waals surface area contributed by atoms with Gasteiger partial charge in [-0.1, -0.05) is 11.6 Å². The number of benzene rings is 2. The molecule has 0 fully saturated rings. The van der Waals surface area contributed by atoms with Gasteiger partial charge in [-0.3, -0.25) is 0 Å². The van der Waals surface area contributed by atoms with E-state index in [1.165, 1.54) is 12.1 Å². The summed E-state index contributed by atoms with van der Waals surface area (Å²) in [5, 5.41) is 0.618. The Kier molecular flexibility index (Phi) is 4.42. The quantitative estimate of drug-likeness (QED) is 0.687. The summed E-state index contributed by atoms with van der Waals surface area (Å²) in [7, 11) is 0. The van der Waals surface area contributed by atoms with Gasteiger partial charge in [0.1, 0.15) is 24.0 Å². The molecule has 0 aliphatic rings. The first-order valence-corrected chi connectivity index (χ1v) is 6.67. The molecule has 0 unspecified atom stereocenters. The molecule has 0 saturated carbocycles. The van der Waals surface area contributed by atoms with E-state index < -0.39 is 11.6 Å². The second-order valence-corrected chi connectivity index (χ2v) is 5.28. The minimum absolute atomic E-state index is 0.109. The summed E-state index contributed by atoms with van der Waals surface area (Å²) in [4.78, 5) is 0. The Labute approximate surface area is 123 Å². The molecule has 0 aliphatic heterocycles. The van der Waals surface area contributed by atoms with Crippen LogP contribution in [0.15, 0.2) is 34.8 Å². The van der Waals surface area contributed by atoms with E-state index in [2.05, 4.69) is 15.9 Å². The molecule has 0 heterocycles. The first-order chi connectivity index (χ1) is 8.99. The summed E-state index contributed by atoms with van der Waals surface area (Å²) in [5.41, 5.74) is 0.733. The van der Waals surface area contributed by atoms with Crippen LogP contribution in [0.5, 0.6) is 5.75 Å². The number of ether oxygens (including phenoxy) is 1. The van der Waals surface area contributed by atoms with Gasteiger partial charge in [0, 0.05) is 5.02 Å². The third-order valence-electron chi connectivity index (χ3n) is 2.65. The maximum absolute atomic E-state index is 13.7. The molecule has 0 amide bonds. The van der Waals surface area contributed by atoms with Crippen molar-refractivity contribution in [2.45, 2.75) is 13.5 Å². The fourth-order valence-corrected chi connectivity index (χ4v) is 2.05. The lowest BCUT2D eigenvalue weighted by atomic mass is 10.2. The van der Waals surface area contributed by atoms with Crippen molar-refractivity contribution in [3.63, 3.8) is 0 Å². The van der Waals surface area contributed by atoms with Crippen molar-refractivity contribution >= 4 is 27.5 Å². The lowest BCUT2D eigenvalue weighted by molar-refractivity contribution is 0.292. The van der Waals surface area contributed by atoms with Crippen LogP contribution >= 0.6 is 27.5 Å². The second-order valence-electron chi connectivity index (χ2n) is 4.02. The molecule has 2 aromatic rings. The summed E-state index contributed by atoms with van der Waals surface area (Å²) >= 11 is 8.90. The zero-order valence-corrected chi connectivity index (χ0v) is 12.4. The summed E-state index contributed by atoms with van der Waals surface area (Å²) in [6.45, 7) is 1.65. The minimum atomic E-state index is -0.648. The molecule has 0 aromatic heterocycles. The van der Waals surface area contributed by atoms with E-state index in [9.17, 15) is 8.78 Å². The van der Waals surface area contributed by atoms with Crippen LogP contribution in [-0.2, 0) is 6.61 Å². The van der Waals surface area contributed by atoms with Crippen molar-refractivity contribution in [3.8, 4) is 5.75 Å². The number of halogens is 4. The Morgan fingerprint density at radius 3 is 2.63 bits per heavy atom. The van der Waals surface area contributed by atoms with Crippen molar-refractivity contribution in [1.82, 2.24) is 0 Å². The van der Waals surface area contributed by atoms with E-state index in [-0.39, 0.29) is 16.6 Å². The van der Waals surface area contributed by atoms with Gasteiger partial charge in [-0.05, 0) is 58.7 Å². The molecule has 0 N–H and O–H groups in total. The Balaban J connectivity index is 2.19. The third kappa shape index (κ3) is 3.25. The number of hydrogen-bond donors (Lipinski definition) is 0. The van der Waals surface area contributed by atoms with Crippen LogP contribution in [0, 0.1) is 18.6 Å². The zero-order chi connectivity index (χ0) is 14.0. The average molecular weight is 348 g/mol. The van der Waals surface area contributed by atoms with Gasteiger partial charge in [0.2, 0.25) is 0 Å². The Morgan fingerprint density at radius 1 is 1.21 bits per heavy atom. The van der Waals surface area contributed by atoms with Crippen LogP contribution in [-0.4, -0.2) is 0 Å². The fourth-order valence-electron chi connectivity index (χ4n) is 1.56. The molecule has 2 aromatic carbocycles. The van der Waals surface area contributed by atoms with Gasteiger partial charge in [0.25, 0.3) is 0 Å². The third-order valence-corrected chi connectivity index (χ3v) is 3.69. The van der Waals surface area contributed by atoms with Crippen LogP contribution in [0.1, 0.15) is 11.1 Å². The number of hydrogen-bond acceptors (Lipinski definition) is 1. The topological polar surface area (TPSA) is 9.23 Å². The van der Waals surface area contributed by atoms with E-state index in [4.69, 9.17) is 16.3 Å². The van der Waals surface area contributed by atoms with Gasteiger partial charge < -0.3 is 4.74 Å². The molecule has 0 radical (unpaired) electrons. The SMILES string of the molecule is Cc1cc(OCc2c(F)ccc(Br)c2F)ccc1Cl. The monoisotopic (exact) mass is 346 g/mol. The number of rotatable bonds is 3. The normalized spacial score (nSPS) is 10.6. The maximum Gasteiger partial charge on any atom is 0.146 e. The van der Waals surface area contributed by atoms with E-state index >= 15 is 0 Å². The predicted octanol–water partition coefficient (Wildman–Crippen LogP) is 5.27. The Hall–Kier alpha value is -1.13. The summed E-state index contributed by atoms with van der Waals surface area (Å²) in [6, 6.07) is 7.57. The van der Waals surface area contributed by atoms with E-state index in [1.54, 1.807) is 18.2 Å². The molecular formula is C14H10BrClF2O. The van der Waals surface area contributed by atoms with Crippen molar-refractivity contribution in [2.75, 3.05) is 0 Å². The zero-order valence-electron chi connectivity index (χ0n) is 10.0. The van der Waals surface area contributed by atoms with Gasteiger partial charge in [0.05, 0.1) is 10.0 Å². The van der Waals surface area contributed by atoms with Gasteiger partial charge in [-0.2, -0.15) is 0 Å². The molecule has 0 spiro atoms. The maximum atomic E-state index is 13.7. The first kappa shape index (κ1) is 14.3.